The lowest BCUT2D eigenvalue weighted by molar-refractivity contribution is 0.166. The van der Waals surface area contributed by atoms with Gasteiger partial charge in [-0.15, -0.1) is 0 Å². The largest absolute Gasteiger partial charge is 0.385 e. The Balaban J connectivity index is 2.78. The zero-order valence-electron chi connectivity index (χ0n) is 10.3. The highest BCUT2D eigenvalue weighted by Crippen LogP contribution is 2.21. The van der Waals surface area contributed by atoms with Crippen LogP contribution in [0.4, 0.5) is 0 Å². The van der Waals surface area contributed by atoms with Crippen LogP contribution in [0.3, 0.4) is 0 Å². The predicted molar refractivity (Wildman–Crippen MR) is 63.9 cm³/mol. The number of ether oxygens (including phenoxy) is 1. The lowest BCUT2D eigenvalue weighted by Gasteiger charge is -2.35. The molecule has 1 aliphatic heterocycles. The van der Waals surface area contributed by atoms with Crippen molar-refractivity contribution in [3.63, 3.8) is 0 Å². The van der Waals surface area contributed by atoms with E-state index in [1.165, 1.54) is 0 Å². The summed E-state index contributed by atoms with van der Waals surface area (Å²) >= 11 is 0. The molecule has 0 radical (unpaired) electrons. The SMILES string of the molecule is COCCCN1C(C)(C)CNCCS1(=O)=O. The molecule has 0 aromatic rings. The molecule has 5 nitrogen and oxygen atoms in total. The molecular weight excluding hydrogens is 228 g/mol. The van der Waals surface area contributed by atoms with E-state index in [1.54, 1.807) is 11.4 Å². The van der Waals surface area contributed by atoms with Gasteiger partial charge in [0.1, 0.15) is 0 Å². The second-order valence-electron chi connectivity index (χ2n) is 4.72. The fourth-order valence-corrected chi connectivity index (χ4v) is 3.81. The van der Waals surface area contributed by atoms with Crippen molar-refractivity contribution < 1.29 is 13.2 Å². The first-order valence-electron chi connectivity index (χ1n) is 5.60. The van der Waals surface area contributed by atoms with Crippen LogP contribution in [0, 0.1) is 0 Å². The van der Waals surface area contributed by atoms with Gasteiger partial charge >= 0.3 is 0 Å². The minimum Gasteiger partial charge on any atom is -0.385 e. The molecule has 0 atom stereocenters. The van der Waals surface area contributed by atoms with Crippen LogP contribution < -0.4 is 5.32 Å². The molecule has 1 N–H and O–H groups in total. The van der Waals surface area contributed by atoms with Crippen molar-refractivity contribution in [2.75, 3.05) is 39.1 Å². The number of nitrogens with one attached hydrogen (secondary N) is 1. The van der Waals surface area contributed by atoms with E-state index in [0.29, 0.717) is 26.2 Å². The van der Waals surface area contributed by atoms with Gasteiger partial charge in [0.05, 0.1) is 5.75 Å². The predicted octanol–water partition coefficient (Wildman–Crippen LogP) is 0.0365. The number of methoxy groups -OCH3 is 1. The summed E-state index contributed by atoms with van der Waals surface area (Å²) in [6.07, 6.45) is 0.735. The maximum Gasteiger partial charge on any atom is 0.215 e. The highest BCUT2D eigenvalue weighted by atomic mass is 32.2. The van der Waals surface area contributed by atoms with Crippen LogP contribution in [0.2, 0.25) is 0 Å². The third kappa shape index (κ3) is 3.41. The molecule has 1 rings (SSSR count). The minimum atomic E-state index is -3.13. The molecule has 0 aliphatic carbocycles. The molecule has 0 saturated carbocycles. The number of rotatable bonds is 4. The van der Waals surface area contributed by atoms with E-state index < -0.39 is 10.0 Å². The minimum absolute atomic E-state index is 0.184. The molecule has 0 aromatic carbocycles. The van der Waals surface area contributed by atoms with Gasteiger partial charge in [0, 0.05) is 38.9 Å². The van der Waals surface area contributed by atoms with Crippen molar-refractivity contribution in [2.45, 2.75) is 25.8 Å². The molecule has 6 heteroatoms. The van der Waals surface area contributed by atoms with Crippen molar-refractivity contribution in [3.8, 4) is 0 Å². The molecule has 16 heavy (non-hydrogen) atoms. The average molecular weight is 250 g/mol. The molecular formula is C10H22N2O3S. The number of sulfonamides is 1. The molecule has 1 saturated heterocycles. The lowest BCUT2D eigenvalue weighted by atomic mass is 10.1. The van der Waals surface area contributed by atoms with E-state index in [9.17, 15) is 8.42 Å². The van der Waals surface area contributed by atoms with Crippen molar-refractivity contribution >= 4 is 10.0 Å². The second kappa shape index (κ2) is 5.44. The van der Waals surface area contributed by atoms with Crippen molar-refractivity contribution in [2.24, 2.45) is 0 Å². The van der Waals surface area contributed by atoms with Gasteiger partial charge in [-0.1, -0.05) is 0 Å². The number of nitrogens with zero attached hydrogens (tertiary/aromatic N) is 1. The summed E-state index contributed by atoms with van der Waals surface area (Å²) in [6.45, 7) is 6.26. The Morgan fingerprint density at radius 1 is 1.44 bits per heavy atom. The summed E-state index contributed by atoms with van der Waals surface area (Å²) in [6, 6.07) is 0. The average Bonchev–Trinajstić information content (AvgIpc) is 2.27. The monoisotopic (exact) mass is 250 g/mol. The molecule has 0 unspecified atom stereocenters. The zero-order valence-corrected chi connectivity index (χ0v) is 11.1. The van der Waals surface area contributed by atoms with Crippen LogP contribution >= 0.6 is 0 Å². The zero-order chi connectivity index (χ0) is 12.2. The van der Waals surface area contributed by atoms with E-state index in [-0.39, 0.29) is 11.3 Å². The van der Waals surface area contributed by atoms with Gasteiger partial charge in [0.25, 0.3) is 0 Å². The van der Waals surface area contributed by atoms with E-state index in [2.05, 4.69) is 5.32 Å². The summed E-state index contributed by atoms with van der Waals surface area (Å²) in [5, 5.41) is 3.16. The summed E-state index contributed by atoms with van der Waals surface area (Å²) in [4.78, 5) is 0. The van der Waals surface area contributed by atoms with Crippen LogP contribution in [0.5, 0.6) is 0 Å². The van der Waals surface area contributed by atoms with Crippen LogP contribution in [0.15, 0.2) is 0 Å². The Morgan fingerprint density at radius 3 is 2.75 bits per heavy atom. The van der Waals surface area contributed by atoms with Gasteiger partial charge in [-0.25, -0.2) is 8.42 Å². The molecule has 1 heterocycles. The molecule has 1 aliphatic rings. The molecule has 96 valence electrons. The van der Waals surface area contributed by atoms with E-state index >= 15 is 0 Å². The summed E-state index contributed by atoms with van der Waals surface area (Å²) in [5.41, 5.74) is -0.358. The fourth-order valence-electron chi connectivity index (χ4n) is 1.96. The maximum absolute atomic E-state index is 12.1. The number of hydrogen-bond acceptors (Lipinski definition) is 4. The Morgan fingerprint density at radius 2 is 2.12 bits per heavy atom. The summed E-state index contributed by atoms with van der Waals surface area (Å²) in [7, 11) is -1.50. The van der Waals surface area contributed by atoms with Gasteiger partial charge in [0.15, 0.2) is 0 Å². The Bertz CT molecular complexity index is 314. The molecule has 1 fully saturated rings. The quantitative estimate of drug-likeness (QED) is 0.716. The van der Waals surface area contributed by atoms with Gasteiger partial charge in [0.2, 0.25) is 10.0 Å². The van der Waals surface area contributed by atoms with E-state index in [0.717, 1.165) is 6.42 Å². The van der Waals surface area contributed by atoms with Gasteiger partial charge in [-0.05, 0) is 20.3 Å². The van der Waals surface area contributed by atoms with Gasteiger partial charge < -0.3 is 10.1 Å². The third-order valence-corrected chi connectivity index (χ3v) is 4.88. The van der Waals surface area contributed by atoms with Crippen LogP contribution in [0.25, 0.3) is 0 Å². The first-order valence-corrected chi connectivity index (χ1v) is 7.21. The fraction of sp³-hybridized carbons (Fsp3) is 1.00. The molecule has 0 amide bonds. The Hall–Kier alpha value is -0.170. The lowest BCUT2D eigenvalue weighted by Crippen LogP contribution is -2.51. The van der Waals surface area contributed by atoms with Crippen molar-refractivity contribution in [1.29, 1.82) is 0 Å². The molecule has 0 spiro atoms. The van der Waals surface area contributed by atoms with Crippen molar-refractivity contribution in [3.05, 3.63) is 0 Å². The van der Waals surface area contributed by atoms with Crippen molar-refractivity contribution in [1.82, 2.24) is 9.62 Å². The highest BCUT2D eigenvalue weighted by Gasteiger charge is 2.37. The van der Waals surface area contributed by atoms with Crippen LogP contribution in [0.1, 0.15) is 20.3 Å². The summed E-state index contributed by atoms with van der Waals surface area (Å²) in [5.74, 6) is 0.184. The topological polar surface area (TPSA) is 58.6 Å². The van der Waals surface area contributed by atoms with E-state index in [1.807, 2.05) is 13.8 Å². The van der Waals surface area contributed by atoms with Gasteiger partial charge in [-0.2, -0.15) is 4.31 Å². The number of hydrogen-bond donors (Lipinski definition) is 1. The van der Waals surface area contributed by atoms with Crippen LogP contribution in [-0.2, 0) is 14.8 Å². The second-order valence-corrected chi connectivity index (χ2v) is 6.74. The Labute approximate surface area is 98.2 Å². The Kier molecular flexibility index (Phi) is 4.73. The molecule has 0 aromatic heterocycles. The standard InChI is InChI=1S/C10H22N2O3S/c1-10(2)9-11-5-8-16(13,14)12(10)6-4-7-15-3/h11H,4-9H2,1-3H3. The highest BCUT2D eigenvalue weighted by molar-refractivity contribution is 7.89. The normalized spacial score (nSPS) is 25.2. The van der Waals surface area contributed by atoms with Crippen LogP contribution in [-0.4, -0.2) is 57.4 Å². The third-order valence-electron chi connectivity index (χ3n) is 2.82. The van der Waals surface area contributed by atoms with E-state index in [4.69, 9.17) is 4.74 Å². The maximum atomic E-state index is 12.1. The summed E-state index contributed by atoms with van der Waals surface area (Å²) < 4.78 is 30.7. The van der Waals surface area contributed by atoms with Gasteiger partial charge in [-0.3, -0.25) is 0 Å². The molecule has 0 bridgehead atoms. The smallest absolute Gasteiger partial charge is 0.215 e. The first kappa shape index (κ1) is 13.9. The first-order chi connectivity index (χ1) is 7.40.